The second kappa shape index (κ2) is 6.68. The molecule has 0 aliphatic rings. The molecule has 1 atom stereocenters. The van der Waals surface area contributed by atoms with Gasteiger partial charge in [-0.15, -0.1) is 0 Å². The third-order valence-corrected chi connectivity index (χ3v) is 4.48. The third kappa shape index (κ3) is 4.29. The van der Waals surface area contributed by atoms with Crippen molar-refractivity contribution in [2.45, 2.75) is 44.9 Å². The van der Waals surface area contributed by atoms with Crippen molar-refractivity contribution in [1.29, 1.82) is 0 Å². The van der Waals surface area contributed by atoms with Crippen molar-refractivity contribution in [3.05, 3.63) is 36.1 Å². The van der Waals surface area contributed by atoms with E-state index in [0.717, 1.165) is 30.1 Å². The van der Waals surface area contributed by atoms with Gasteiger partial charge in [-0.1, -0.05) is 45.9 Å². The SMILES string of the molecule is CCCNC(CSC(C)(C)C)c1cc2ccccc2o1. The van der Waals surface area contributed by atoms with Gasteiger partial charge in [0.25, 0.3) is 0 Å². The molecule has 2 rings (SSSR count). The molecule has 1 aromatic heterocycles. The zero-order valence-electron chi connectivity index (χ0n) is 12.9. The van der Waals surface area contributed by atoms with Crippen molar-refractivity contribution >= 4 is 22.7 Å². The molecule has 3 heteroatoms. The van der Waals surface area contributed by atoms with Crippen molar-refractivity contribution in [2.24, 2.45) is 0 Å². The molecule has 1 aromatic carbocycles. The molecule has 0 aliphatic carbocycles. The number of furan rings is 1. The van der Waals surface area contributed by atoms with Crippen LogP contribution in [0.25, 0.3) is 11.0 Å². The van der Waals surface area contributed by atoms with E-state index in [9.17, 15) is 0 Å². The Kier molecular flexibility index (Phi) is 5.17. The van der Waals surface area contributed by atoms with Crippen LogP contribution in [0.2, 0.25) is 0 Å². The zero-order chi connectivity index (χ0) is 14.6. The van der Waals surface area contributed by atoms with Crippen LogP contribution >= 0.6 is 11.8 Å². The van der Waals surface area contributed by atoms with E-state index < -0.39 is 0 Å². The Morgan fingerprint density at radius 1 is 1.25 bits per heavy atom. The summed E-state index contributed by atoms with van der Waals surface area (Å²) < 4.78 is 6.29. The predicted molar refractivity (Wildman–Crippen MR) is 89.5 cm³/mol. The quantitative estimate of drug-likeness (QED) is 0.810. The zero-order valence-corrected chi connectivity index (χ0v) is 13.7. The van der Waals surface area contributed by atoms with Crippen LogP contribution in [0, 0.1) is 0 Å². The van der Waals surface area contributed by atoms with Gasteiger partial charge >= 0.3 is 0 Å². The summed E-state index contributed by atoms with van der Waals surface area (Å²) in [6.45, 7) is 9.99. The number of nitrogens with one attached hydrogen (secondary N) is 1. The molecule has 0 radical (unpaired) electrons. The summed E-state index contributed by atoms with van der Waals surface area (Å²) in [4.78, 5) is 0. The van der Waals surface area contributed by atoms with E-state index in [1.165, 1.54) is 5.39 Å². The molecule has 0 bridgehead atoms. The van der Waals surface area contributed by atoms with Crippen molar-refractivity contribution in [3.8, 4) is 0 Å². The van der Waals surface area contributed by atoms with Gasteiger partial charge in [0.2, 0.25) is 0 Å². The highest BCUT2D eigenvalue weighted by Gasteiger charge is 2.19. The van der Waals surface area contributed by atoms with E-state index in [1.807, 2.05) is 23.9 Å². The highest BCUT2D eigenvalue weighted by molar-refractivity contribution is 8.00. The average Bonchev–Trinajstić information content (AvgIpc) is 2.81. The van der Waals surface area contributed by atoms with E-state index in [4.69, 9.17) is 4.42 Å². The molecule has 0 amide bonds. The summed E-state index contributed by atoms with van der Waals surface area (Å²) in [5, 5.41) is 4.79. The fourth-order valence-corrected chi connectivity index (χ4v) is 3.02. The Hall–Kier alpha value is -0.930. The highest BCUT2D eigenvalue weighted by Crippen LogP contribution is 2.31. The average molecular weight is 291 g/mol. The van der Waals surface area contributed by atoms with Crippen LogP contribution in [0.3, 0.4) is 0 Å². The first-order valence-corrected chi connectivity index (χ1v) is 8.34. The monoisotopic (exact) mass is 291 g/mol. The third-order valence-electron chi connectivity index (χ3n) is 3.11. The topological polar surface area (TPSA) is 25.2 Å². The molecular weight excluding hydrogens is 266 g/mol. The standard InChI is InChI=1S/C17H25NOS/c1-5-10-18-14(12-20-17(2,3)4)16-11-13-8-6-7-9-15(13)19-16/h6-9,11,14,18H,5,10,12H2,1-4H3. The molecule has 0 spiro atoms. The molecule has 110 valence electrons. The lowest BCUT2D eigenvalue weighted by Gasteiger charge is -2.22. The summed E-state index contributed by atoms with van der Waals surface area (Å²) >= 11 is 1.97. The van der Waals surface area contributed by atoms with Crippen LogP contribution in [-0.2, 0) is 0 Å². The number of benzene rings is 1. The maximum absolute atomic E-state index is 6.02. The first-order chi connectivity index (χ1) is 9.49. The second-order valence-electron chi connectivity index (χ2n) is 6.12. The first-order valence-electron chi connectivity index (χ1n) is 7.35. The highest BCUT2D eigenvalue weighted by atomic mass is 32.2. The van der Waals surface area contributed by atoms with Gasteiger partial charge in [-0.3, -0.25) is 0 Å². The summed E-state index contributed by atoms with van der Waals surface area (Å²) in [5.41, 5.74) is 0.978. The van der Waals surface area contributed by atoms with Crippen molar-refractivity contribution < 1.29 is 4.42 Å². The number of para-hydroxylation sites is 1. The molecule has 0 saturated carbocycles. The minimum absolute atomic E-state index is 0.276. The normalized spacial score (nSPS) is 13.8. The van der Waals surface area contributed by atoms with Gasteiger partial charge in [0.05, 0.1) is 6.04 Å². The minimum Gasteiger partial charge on any atom is -0.459 e. The Labute approximate surface area is 126 Å². The summed E-state index contributed by atoms with van der Waals surface area (Å²) in [6.07, 6.45) is 1.14. The molecule has 0 saturated heterocycles. The van der Waals surface area contributed by atoms with E-state index in [2.05, 4.69) is 51.2 Å². The molecule has 1 heterocycles. The van der Waals surface area contributed by atoms with Gasteiger partial charge < -0.3 is 9.73 Å². The fourth-order valence-electron chi connectivity index (χ4n) is 2.07. The Morgan fingerprint density at radius 2 is 2.00 bits per heavy atom. The van der Waals surface area contributed by atoms with E-state index >= 15 is 0 Å². The van der Waals surface area contributed by atoms with E-state index in [-0.39, 0.29) is 10.8 Å². The molecule has 20 heavy (non-hydrogen) atoms. The van der Waals surface area contributed by atoms with E-state index in [1.54, 1.807) is 0 Å². The number of thioether (sulfide) groups is 1. The molecular formula is C17H25NOS. The van der Waals surface area contributed by atoms with Crippen molar-refractivity contribution in [3.63, 3.8) is 0 Å². The minimum atomic E-state index is 0.276. The Morgan fingerprint density at radius 3 is 2.65 bits per heavy atom. The largest absolute Gasteiger partial charge is 0.459 e. The van der Waals surface area contributed by atoms with Gasteiger partial charge in [-0.05, 0) is 25.1 Å². The summed E-state index contributed by atoms with van der Waals surface area (Å²) in [6, 6.07) is 10.7. The maximum Gasteiger partial charge on any atom is 0.134 e. The Bertz CT molecular complexity index is 508. The van der Waals surface area contributed by atoms with Crippen molar-refractivity contribution in [1.82, 2.24) is 5.32 Å². The van der Waals surface area contributed by atoms with E-state index in [0.29, 0.717) is 0 Å². The van der Waals surface area contributed by atoms with Crippen LogP contribution in [0.4, 0.5) is 0 Å². The van der Waals surface area contributed by atoms with Gasteiger partial charge in [0.15, 0.2) is 0 Å². The molecule has 0 aliphatic heterocycles. The number of fused-ring (bicyclic) bond motifs is 1. The molecule has 0 fully saturated rings. The van der Waals surface area contributed by atoms with Crippen LogP contribution < -0.4 is 5.32 Å². The number of rotatable bonds is 6. The lowest BCUT2D eigenvalue weighted by atomic mass is 10.2. The maximum atomic E-state index is 6.02. The van der Waals surface area contributed by atoms with Gasteiger partial charge in [0.1, 0.15) is 11.3 Å². The molecule has 2 nitrogen and oxygen atoms in total. The molecule has 1 unspecified atom stereocenters. The molecule has 1 N–H and O–H groups in total. The van der Waals surface area contributed by atoms with Crippen LogP contribution in [0.15, 0.2) is 34.7 Å². The van der Waals surface area contributed by atoms with Gasteiger partial charge in [-0.25, -0.2) is 0 Å². The van der Waals surface area contributed by atoms with Crippen molar-refractivity contribution in [2.75, 3.05) is 12.3 Å². The second-order valence-corrected chi connectivity index (χ2v) is 7.96. The van der Waals surface area contributed by atoms with Crippen LogP contribution in [0.5, 0.6) is 0 Å². The molecule has 2 aromatic rings. The first kappa shape index (κ1) is 15.5. The van der Waals surface area contributed by atoms with Gasteiger partial charge in [0, 0.05) is 15.9 Å². The lowest BCUT2D eigenvalue weighted by Crippen LogP contribution is -2.25. The lowest BCUT2D eigenvalue weighted by molar-refractivity contribution is 0.455. The van der Waals surface area contributed by atoms with Gasteiger partial charge in [-0.2, -0.15) is 11.8 Å². The Balaban J connectivity index is 2.16. The smallest absolute Gasteiger partial charge is 0.134 e. The number of hydrogen-bond acceptors (Lipinski definition) is 3. The summed E-state index contributed by atoms with van der Waals surface area (Å²) in [5.74, 6) is 2.08. The fraction of sp³-hybridized carbons (Fsp3) is 0.529. The van der Waals surface area contributed by atoms with Crippen LogP contribution in [-0.4, -0.2) is 17.0 Å². The predicted octanol–water partition coefficient (Wildman–Crippen LogP) is 5.01. The van der Waals surface area contributed by atoms with Crippen LogP contribution in [0.1, 0.15) is 45.9 Å². The number of hydrogen-bond donors (Lipinski definition) is 1. The summed E-state index contributed by atoms with van der Waals surface area (Å²) in [7, 11) is 0.